The van der Waals surface area contributed by atoms with Gasteiger partial charge in [0.2, 0.25) is 11.9 Å². The first-order valence-electron chi connectivity index (χ1n) is 7.29. The van der Waals surface area contributed by atoms with Crippen LogP contribution in [0.3, 0.4) is 0 Å². The second-order valence-electron chi connectivity index (χ2n) is 5.85. The molecule has 2 atom stereocenters. The summed E-state index contributed by atoms with van der Waals surface area (Å²) in [6.07, 6.45) is 1.83. The summed E-state index contributed by atoms with van der Waals surface area (Å²) in [7, 11) is 2.14. The number of imidazole rings is 1. The highest BCUT2D eigenvalue weighted by molar-refractivity contribution is 9.10. The fraction of sp³-hybridized carbons (Fsp3) is 0.375. The van der Waals surface area contributed by atoms with Gasteiger partial charge in [-0.05, 0) is 24.7 Å². The summed E-state index contributed by atoms with van der Waals surface area (Å²) in [5.41, 5.74) is 2.40. The molecule has 2 unspecified atom stereocenters. The summed E-state index contributed by atoms with van der Waals surface area (Å²) in [4.78, 5) is 21.0. The Labute approximate surface area is 138 Å². The summed E-state index contributed by atoms with van der Waals surface area (Å²) in [5.74, 6) is 1.17. The summed E-state index contributed by atoms with van der Waals surface area (Å²) in [6, 6.07) is 8.51. The molecular formula is C16H19BrN4O. The van der Waals surface area contributed by atoms with Crippen molar-refractivity contribution >= 4 is 27.8 Å². The third-order valence-electron chi connectivity index (χ3n) is 4.09. The molecule has 1 aliphatic rings. The highest BCUT2D eigenvalue weighted by Gasteiger charge is 2.34. The van der Waals surface area contributed by atoms with Crippen molar-refractivity contribution in [2.45, 2.75) is 18.8 Å². The van der Waals surface area contributed by atoms with Crippen LogP contribution >= 0.6 is 15.9 Å². The minimum absolute atomic E-state index is 0.117. The second kappa shape index (κ2) is 6.22. The molecule has 116 valence electrons. The molecule has 1 amide bonds. The van der Waals surface area contributed by atoms with Gasteiger partial charge in [0.05, 0.1) is 6.20 Å². The maximum atomic E-state index is 11.1. The van der Waals surface area contributed by atoms with Crippen LogP contribution in [0.5, 0.6) is 0 Å². The van der Waals surface area contributed by atoms with Gasteiger partial charge in [0, 0.05) is 42.0 Å². The van der Waals surface area contributed by atoms with E-state index >= 15 is 0 Å². The number of likely N-dealkylation sites (N-methyl/N-ethyl adjacent to an activating group) is 1. The van der Waals surface area contributed by atoms with Gasteiger partial charge in [0.25, 0.3) is 0 Å². The number of halogens is 1. The second-order valence-corrected chi connectivity index (χ2v) is 6.77. The van der Waals surface area contributed by atoms with Gasteiger partial charge in [0.1, 0.15) is 0 Å². The molecule has 1 aliphatic heterocycles. The van der Waals surface area contributed by atoms with E-state index in [4.69, 9.17) is 0 Å². The van der Waals surface area contributed by atoms with Crippen LogP contribution in [-0.4, -0.2) is 40.9 Å². The van der Waals surface area contributed by atoms with Crippen molar-refractivity contribution in [3.05, 3.63) is 46.2 Å². The number of rotatable bonds is 3. The lowest BCUT2D eigenvalue weighted by molar-refractivity contribution is -0.114. The number of hydrogen-bond acceptors (Lipinski definition) is 3. The highest BCUT2D eigenvalue weighted by Crippen LogP contribution is 2.38. The van der Waals surface area contributed by atoms with Crippen LogP contribution in [0, 0.1) is 0 Å². The first-order chi connectivity index (χ1) is 10.5. The maximum Gasteiger partial charge on any atom is 0.223 e. The number of hydrogen-bond donors (Lipinski definition) is 2. The van der Waals surface area contributed by atoms with Gasteiger partial charge >= 0.3 is 0 Å². The molecule has 5 nitrogen and oxygen atoms in total. The summed E-state index contributed by atoms with van der Waals surface area (Å²) in [5, 5.41) is 2.70. The van der Waals surface area contributed by atoms with Crippen molar-refractivity contribution in [1.82, 2.24) is 14.9 Å². The van der Waals surface area contributed by atoms with E-state index in [-0.39, 0.29) is 5.91 Å². The number of benzene rings is 1. The molecule has 0 bridgehead atoms. The minimum Gasteiger partial charge on any atom is -0.328 e. The number of carbonyl (C=O) groups excluding carboxylic acids is 1. The molecule has 0 aliphatic carbocycles. The molecule has 2 heterocycles. The Morgan fingerprint density at radius 2 is 2.00 bits per heavy atom. The summed E-state index contributed by atoms with van der Waals surface area (Å²) >= 11 is 3.49. The number of carbonyl (C=O) groups is 1. The molecule has 0 spiro atoms. The van der Waals surface area contributed by atoms with Crippen molar-refractivity contribution < 1.29 is 4.79 Å². The van der Waals surface area contributed by atoms with Crippen LogP contribution in [0.15, 0.2) is 34.9 Å². The number of amides is 1. The van der Waals surface area contributed by atoms with E-state index in [1.807, 2.05) is 6.20 Å². The van der Waals surface area contributed by atoms with E-state index in [1.165, 1.54) is 12.5 Å². The van der Waals surface area contributed by atoms with Crippen molar-refractivity contribution in [1.29, 1.82) is 0 Å². The van der Waals surface area contributed by atoms with E-state index in [0.29, 0.717) is 17.8 Å². The van der Waals surface area contributed by atoms with Crippen LogP contribution in [-0.2, 0) is 4.79 Å². The van der Waals surface area contributed by atoms with E-state index < -0.39 is 0 Å². The van der Waals surface area contributed by atoms with Crippen LogP contribution in [0.25, 0.3) is 0 Å². The van der Waals surface area contributed by atoms with E-state index in [9.17, 15) is 4.79 Å². The van der Waals surface area contributed by atoms with Gasteiger partial charge in [-0.3, -0.25) is 10.1 Å². The molecule has 1 aromatic heterocycles. The molecule has 2 aromatic rings. The third kappa shape index (κ3) is 3.23. The number of aromatic nitrogens is 2. The van der Waals surface area contributed by atoms with Gasteiger partial charge in [-0.1, -0.05) is 28.1 Å². The summed E-state index contributed by atoms with van der Waals surface area (Å²) in [6.45, 7) is 3.47. The van der Waals surface area contributed by atoms with E-state index in [1.54, 1.807) is 0 Å². The number of nitrogens with zero attached hydrogens (tertiary/aromatic N) is 2. The first-order valence-corrected chi connectivity index (χ1v) is 8.08. The molecule has 2 N–H and O–H groups in total. The lowest BCUT2D eigenvalue weighted by atomic mass is 9.87. The quantitative estimate of drug-likeness (QED) is 0.882. The van der Waals surface area contributed by atoms with Gasteiger partial charge < -0.3 is 9.88 Å². The van der Waals surface area contributed by atoms with Crippen molar-refractivity contribution in [3.8, 4) is 0 Å². The maximum absolute atomic E-state index is 11.1. The predicted octanol–water partition coefficient (Wildman–Crippen LogP) is 2.94. The lowest BCUT2D eigenvalue weighted by Crippen LogP contribution is -2.13. The minimum atomic E-state index is -0.117. The van der Waals surface area contributed by atoms with Crippen molar-refractivity contribution in [2.24, 2.45) is 0 Å². The summed E-state index contributed by atoms with van der Waals surface area (Å²) < 4.78 is 1.09. The predicted molar refractivity (Wildman–Crippen MR) is 90.0 cm³/mol. The molecule has 22 heavy (non-hydrogen) atoms. The zero-order valence-electron chi connectivity index (χ0n) is 12.6. The van der Waals surface area contributed by atoms with E-state index in [2.05, 4.69) is 67.4 Å². The molecule has 0 radical (unpaired) electrons. The monoisotopic (exact) mass is 362 g/mol. The van der Waals surface area contributed by atoms with Gasteiger partial charge in [0.15, 0.2) is 0 Å². The molecular weight excluding hydrogens is 344 g/mol. The van der Waals surface area contributed by atoms with Crippen LogP contribution in [0.4, 0.5) is 5.95 Å². The molecule has 1 aromatic carbocycles. The molecule has 1 fully saturated rings. The van der Waals surface area contributed by atoms with Crippen LogP contribution < -0.4 is 5.32 Å². The number of likely N-dealkylation sites (tertiary alicyclic amines) is 1. The Bertz CT molecular complexity index is 667. The van der Waals surface area contributed by atoms with E-state index in [0.717, 1.165) is 23.3 Å². The lowest BCUT2D eigenvalue weighted by Gasteiger charge is -2.17. The van der Waals surface area contributed by atoms with Crippen LogP contribution in [0.1, 0.15) is 30.0 Å². The highest BCUT2D eigenvalue weighted by atomic mass is 79.9. The standard InChI is InChI=1S/C16H19BrN4O/c1-10(22)19-16-18-7-15(20-16)14-9-21(2)8-13(14)11-3-5-12(17)6-4-11/h3-7,13-14H,8-9H2,1-2H3,(H2,18,19,20,22). The first kappa shape index (κ1) is 15.2. The molecule has 6 heteroatoms. The SMILES string of the molecule is CC(=O)Nc1ncc(C2CN(C)CC2c2ccc(Br)cc2)[nH]1. The van der Waals surface area contributed by atoms with Gasteiger partial charge in [-0.25, -0.2) is 4.98 Å². The topological polar surface area (TPSA) is 61.0 Å². The Morgan fingerprint density at radius 3 is 2.68 bits per heavy atom. The zero-order chi connectivity index (χ0) is 15.7. The van der Waals surface area contributed by atoms with Crippen molar-refractivity contribution in [2.75, 3.05) is 25.5 Å². The smallest absolute Gasteiger partial charge is 0.223 e. The largest absolute Gasteiger partial charge is 0.328 e. The average Bonchev–Trinajstić information content (AvgIpc) is 3.05. The molecule has 3 rings (SSSR count). The Morgan fingerprint density at radius 1 is 1.32 bits per heavy atom. The van der Waals surface area contributed by atoms with Crippen molar-refractivity contribution in [3.63, 3.8) is 0 Å². The Hall–Kier alpha value is -1.66. The van der Waals surface area contributed by atoms with Gasteiger partial charge in [-0.2, -0.15) is 0 Å². The zero-order valence-corrected chi connectivity index (χ0v) is 14.2. The number of nitrogens with one attached hydrogen (secondary N) is 2. The Kier molecular flexibility index (Phi) is 4.31. The fourth-order valence-electron chi connectivity index (χ4n) is 3.12. The normalized spacial score (nSPS) is 22.0. The molecule has 0 saturated carbocycles. The number of H-pyrrole nitrogens is 1. The molecule has 1 saturated heterocycles. The van der Waals surface area contributed by atoms with Crippen LogP contribution in [0.2, 0.25) is 0 Å². The third-order valence-corrected chi connectivity index (χ3v) is 4.62. The Balaban J connectivity index is 1.85. The van der Waals surface area contributed by atoms with Gasteiger partial charge in [-0.15, -0.1) is 0 Å². The number of aromatic amines is 1. The average molecular weight is 363 g/mol. The fourth-order valence-corrected chi connectivity index (χ4v) is 3.38. The number of anilines is 1.